The first-order valence-electron chi connectivity index (χ1n) is 6.20. The molecule has 0 fully saturated rings. The Morgan fingerprint density at radius 3 is 2.74 bits per heavy atom. The van der Waals surface area contributed by atoms with Gasteiger partial charge in [0.05, 0.1) is 0 Å². The molecule has 0 spiro atoms. The average Bonchev–Trinajstić information content (AvgIpc) is 2.96. The van der Waals surface area contributed by atoms with Crippen molar-refractivity contribution in [3.8, 4) is 0 Å². The summed E-state index contributed by atoms with van der Waals surface area (Å²) in [5, 5.41) is 7.82. The Kier molecular flexibility index (Phi) is 5.15. The van der Waals surface area contributed by atoms with Crippen LogP contribution in [0, 0.1) is 0 Å². The van der Waals surface area contributed by atoms with Gasteiger partial charge in [0.15, 0.2) is 0 Å². The Labute approximate surface area is 120 Å². The maximum Gasteiger partial charge on any atom is 0.251 e. The van der Waals surface area contributed by atoms with E-state index >= 15 is 0 Å². The lowest BCUT2D eigenvalue weighted by molar-refractivity contribution is 0.0952. The van der Waals surface area contributed by atoms with Crippen molar-refractivity contribution in [3.63, 3.8) is 0 Å². The van der Waals surface area contributed by atoms with Crippen molar-refractivity contribution in [2.24, 2.45) is 0 Å². The molecule has 0 saturated heterocycles. The van der Waals surface area contributed by atoms with Crippen molar-refractivity contribution < 1.29 is 4.79 Å². The lowest BCUT2D eigenvalue weighted by Crippen LogP contribution is -2.25. The fourth-order valence-electron chi connectivity index (χ4n) is 1.72. The number of rotatable bonds is 6. The van der Waals surface area contributed by atoms with Crippen LogP contribution >= 0.6 is 15.9 Å². The largest absolute Gasteiger partial charge is 0.352 e. The normalized spacial score (nSPS) is 10.4. The Morgan fingerprint density at radius 2 is 2.11 bits per heavy atom. The molecule has 1 amide bonds. The van der Waals surface area contributed by atoms with Crippen LogP contribution in [0.5, 0.6) is 0 Å². The highest BCUT2D eigenvalue weighted by Crippen LogP contribution is 2.07. The van der Waals surface area contributed by atoms with E-state index in [-0.39, 0.29) is 5.91 Å². The van der Waals surface area contributed by atoms with E-state index < -0.39 is 0 Å². The first-order valence-corrected chi connectivity index (χ1v) is 7.32. The van der Waals surface area contributed by atoms with Crippen LogP contribution in [0.15, 0.2) is 42.7 Å². The zero-order valence-electron chi connectivity index (χ0n) is 10.6. The van der Waals surface area contributed by atoms with Crippen LogP contribution in [0.25, 0.3) is 0 Å². The maximum atomic E-state index is 11.9. The third-order valence-corrected chi connectivity index (χ3v) is 3.43. The van der Waals surface area contributed by atoms with Crippen molar-refractivity contribution in [1.82, 2.24) is 15.1 Å². The molecule has 4 nitrogen and oxygen atoms in total. The molecule has 2 aromatic rings. The number of benzene rings is 1. The van der Waals surface area contributed by atoms with Crippen LogP contribution in [0.4, 0.5) is 0 Å². The molecule has 0 aliphatic rings. The molecular formula is C14H16BrN3O. The van der Waals surface area contributed by atoms with Crippen LogP contribution < -0.4 is 5.32 Å². The molecule has 0 aliphatic heterocycles. The van der Waals surface area contributed by atoms with Crippen molar-refractivity contribution in [2.75, 3.05) is 6.54 Å². The van der Waals surface area contributed by atoms with E-state index in [1.54, 1.807) is 6.20 Å². The zero-order valence-corrected chi connectivity index (χ0v) is 12.1. The molecule has 0 aliphatic carbocycles. The molecule has 0 unspecified atom stereocenters. The predicted molar refractivity (Wildman–Crippen MR) is 78.3 cm³/mol. The Morgan fingerprint density at radius 1 is 1.32 bits per heavy atom. The summed E-state index contributed by atoms with van der Waals surface area (Å²) in [4.78, 5) is 11.9. The van der Waals surface area contributed by atoms with Crippen molar-refractivity contribution in [1.29, 1.82) is 0 Å². The lowest BCUT2D eigenvalue weighted by Gasteiger charge is -2.06. The number of hydrogen-bond acceptors (Lipinski definition) is 2. The fraction of sp³-hybridized carbons (Fsp3) is 0.286. The van der Waals surface area contributed by atoms with E-state index in [0.29, 0.717) is 12.1 Å². The molecular weight excluding hydrogens is 306 g/mol. The summed E-state index contributed by atoms with van der Waals surface area (Å²) in [6.07, 6.45) is 4.54. The van der Waals surface area contributed by atoms with Crippen LogP contribution in [-0.4, -0.2) is 22.2 Å². The third kappa shape index (κ3) is 4.21. The molecule has 100 valence electrons. The summed E-state index contributed by atoms with van der Waals surface area (Å²) in [6.45, 7) is 1.47. The highest BCUT2D eigenvalue weighted by molar-refractivity contribution is 9.08. The number of carbonyl (C=O) groups excluding carboxylic acids is 1. The first-order chi connectivity index (χ1) is 9.29. The topological polar surface area (TPSA) is 46.9 Å². The maximum absolute atomic E-state index is 11.9. The molecule has 1 heterocycles. The highest BCUT2D eigenvalue weighted by atomic mass is 79.9. The minimum Gasteiger partial charge on any atom is -0.352 e. The van der Waals surface area contributed by atoms with E-state index in [9.17, 15) is 4.79 Å². The molecule has 5 heteroatoms. The number of aryl methyl sites for hydroxylation is 1. The number of amides is 1. The van der Waals surface area contributed by atoms with Gasteiger partial charge in [-0.15, -0.1) is 0 Å². The van der Waals surface area contributed by atoms with Crippen LogP contribution in [-0.2, 0) is 11.9 Å². The van der Waals surface area contributed by atoms with Gasteiger partial charge in [0.1, 0.15) is 0 Å². The van der Waals surface area contributed by atoms with Gasteiger partial charge in [0.25, 0.3) is 5.91 Å². The van der Waals surface area contributed by atoms with Crippen molar-refractivity contribution >= 4 is 21.8 Å². The van der Waals surface area contributed by atoms with E-state index in [4.69, 9.17) is 0 Å². The lowest BCUT2D eigenvalue weighted by atomic mass is 10.1. The van der Waals surface area contributed by atoms with Gasteiger partial charge >= 0.3 is 0 Å². The molecule has 1 N–H and O–H groups in total. The van der Waals surface area contributed by atoms with E-state index in [2.05, 4.69) is 26.3 Å². The van der Waals surface area contributed by atoms with E-state index in [1.165, 1.54) is 0 Å². The molecule has 0 saturated carbocycles. The predicted octanol–water partition coefficient (Wildman–Crippen LogP) is 2.60. The summed E-state index contributed by atoms with van der Waals surface area (Å²) in [6, 6.07) is 9.49. The summed E-state index contributed by atoms with van der Waals surface area (Å²) in [5.74, 6) is -0.0263. The Bertz CT molecular complexity index is 508. The molecule has 2 rings (SSSR count). The fourth-order valence-corrected chi connectivity index (χ4v) is 2.10. The van der Waals surface area contributed by atoms with Crippen molar-refractivity contribution in [2.45, 2.75) is 18.3 Å². The molecule has 0 atom stereocenters. The van der Waals surface area contributed by atoms with Gasteiger partial charge in [-0.05, 0) is 30.2 Å². The second kappa shape index (κ2) is 7.09. The minimum absolute atomic E-state index is 0.0263. The first kappa shape index (κ1) is 13.8. The molecule has 1 aromatic carbocycles. The number of carbonyl (C=O) groups is 1. The van der Waals surface area contributed by atoms with E-state index in [0.717, 1.165) is 23.9 Å². The standard InChI is InChI=1S/C14H16BrN3O/c15-11-12-3-5-13(6-4-12)14(19)16-7-1-9-18-10-2-8-17-18/h2-6,8,10H,1,7,9,11H2,(H,16,19). The summed E-state index contributed by atoms with van der Waals surface area (Å²) >= 11 is 3.38. The van der Waals surface area contributed by atoms with Crippen LogP contribution in [0.1, 0.15) is 22.3 Å². The average molecular weight is 322 g/mol. The van der Waals surface area contributed by atoms with Gasteiger partial charge < -0.3 is 5.32 Å². The van der Waals surface area contributed by atoms with E-state index in [1.807, 2.05) is 41.2 Å². The molecule has 19 heavy (non-hydrogen) atoms. The SMILES string of the molecule is O=C(NCCCn1cccn1)c1ccc(CBr)cc1. The number of hydrogen-bond donors (Lipinski definition) is 1. The summed E-state index contributed by atoms with van der Waals surface area (Å²) in [5.41, 5.74) is 1.86. The third-order valence-electron chi connectivity index (χ3n) is 2.78. The Balaban J connectivity index is 1.74. The molecule has 0 bridgehead atoms. The molecule has 1 aromatic heterocycles. The molecule has 0 radical (unpaired) electrons. The number of alkyl halides is 1. The van der Waals surface area contributed by atoms with Gasteiger partial charge in [0, 0.05) is 36.4 Å². The van der Waals surface area contributed by atoms with Gasteiger partial charge in [-0.1, -0.05) is 28.1 Å². The number of aromatic nitrogens is 2. The highest BCUT2D eigenvalue weighted by Gasteiger charge is 2.04. The summed E-state index contributed by atoms with van der Waals surface area (Å²) in [7, 11) is 0. The minimum atomic E-state index is -0.0263. The smallest absolute Gasteiger partial charge is 0.251 e. The van der Waals surface area contributed by atoms with Gasteiger partial charge in [-0.25, -0.2) is 0 Å². The van der Waals surface area contributed by atoms with Crippen LogP contribution in [0.2, 0.25) is 0 Å². The second-order valence-corrected chi connectivity index (χ2v) is 4.77. The van der Waals surface area contributed by atoms with Crippen molar-refractivity contribution in [3.05, 3.63) is 53.9 Å². The number of nitrogens with one attached hydrogen (secondary N) is 1. The monoisotopic (exact) mass is 321 g/mol. The van der Waals surface area contributed by atoms with Gasteiger partial charge in [-0.3, -0.25) is 9.48 Å². The Hall–Kier alpha value is -1.62. The number of halogens is 1. The van der Waals surface area contributed by atoms with Gasteiger partial charge in [0.2, 0.25) is 0 Å². The zero-order chi connectivity index (χ0) is 13.5. The number of nitrogens with zero attached hydrogens (tertiary/aromatic N) is 2. The van der Waals surface area contributed by atoms with Gasteiger partial charge in [-0.2, -0.15) is 5.10 Å². The van der Waals surface area contributed by atoms with Crippen LogP contribution in [0.3, 0.4) is 0 Å². The summed E-state index contributed by atoms with van der Waals surface area (Å²) < 4.78 is 1.86. The second-order valence-electron chi connectivity index (χ2n) is 4.21. The quantitative estimate of drug-likeness (QED) is 0.656.